The maximum Gasteiger partial charge on any atom is 0.259 e. The molecule has 0 spiro atoms. The van der Waals surface area contributed by atoms with Crippen LogP contribution in [0.25, 0.3) is 10.8 Å². The molecule has 0 fully saturated rings. The summed E-state index contributed by atoms with van der Waals surface area (Å²) < 4.78 is 13.6. The average Bonchev–Trinajstić information content (AvgIpc) is 2.70. The molecule has 0 saturated carbocycles. The van der Waals surface area contributed by atoms with Crippen molar-refractivity contribution in [3.8, 4) is 11.5 Å². The predicted molar refractivity (Wildman–Crippen MR) is 113 cm³/mol. The highest BCUT2D eigenvalue weighted by molar-refractivity contribution is 5.88. The molecule has 4 nitrogen and oxygen atoms in total. The van der Waals surface area contributed by atoms with Crippen molar-refractivity contribution in [2.75, 3.05) is 6.61 Å². The summed E-state index contributed by atoms with van der Waals surface area (Å²) in [6.45, 7) is 8.00. The molecular weight excluding hydrogens is 350 g/mol. The number of ether oxygens (including phenoxy) is 2. The monoisotopic (exact) mass is 378 g/mol. The molecule has 0 aliphatic rings. The molecule has 28 heavy (non-hydrogen) atoms. The van der Waals surface area contributed by atoms with Gasteiger partial charge in [-0.15, -0.1) is 0 Å². The van der Waals surface area contributed by atoms with Crippen molar-refractivity contribution >= 4 is 10.8 Å². The van der Waals surface area contributed by atoms with Crippen LogP contribution in [0.15, 0.2) is 53.3 Å². The smallest absolute Gasteiger partial charge is 0.259 e. The number of pyridine rings is 1. The Labute approximate surface area is 166 Å². The first-order valence-electron chi connectivity index (χ1n) is 9.98. The second-order valence-electron chi connectivity index (χ2n) is 7.43. The minimum atomic E-state index is -0.0406. The lowest BCUT2D eigenvalue weighted by Crippen LogP contribution is -2.23. The summed E-state index contributed by atoms with van der Waals surface area (Å²) in [5.74, 6) is 1.68. The summed E-state index contributed by atoms with van der Waals surface area (Å²) in [5.41, 5.74) is 1.06. The normalized spacial score (nSPS) is 11.1. The van der Waals surface area contributed by atoms with E-state index >= 15 is 0 Å². The fourth-order valence-electron chi connectivity index (χ4n) is 3.03. The number of benzene rings is 2. The van der Waals surface area contributed by atoms with E-state index in [-0.39, 0.29) is 5.56 Å². The number of unbranched alkanes of at least 4 members (excludes halogenated alkanes) is 1. The highest BCUT2D eigenvalue weighted by Crippen LogP contribution is 2.28. The molecular formula is C24H28NO3. The van der Waals surface area contributed by atoms with Crippen molar-refractivity contribution in [2.24, 2.45) is 5.92 Å². The number of hydrogen-bond donors (Lipinski definition) is 0. The molecule has 0 aliphatic heterocycles. The number of fused-ring (bicyclic) bond motifs is 1. The summed E-state index contributed by atoms with van der Waals surface area (Å²) >= 11 is 0. The van der Waals surface area contributed by atoms with Crippen molar-refractivity contribution in [1.82, 2.24) is 4.57 Å². The van der Waals surface area contributed by atoms with Crippen molar-refractivity contribution < 1.29 is 9.47 Å². The Morgan fingerprint density at radius 3 is 2.54 bits per heavy atom. The summed E-state index contributed by atoms with van der Waals surface area (Å²) in [6, 6.07) is 15.6. The zero-order chi connectivity index (χ0) is 19.9. The Bertz CT molecular complexity index is 961. The van der Waals surface area contributed by atoms with Gasteiger partial charge in [0, 0.05) is 11.9 Å². The zero-order valence-corrected chi connectivity index (χ0v) is 16.9. The van der Waals surface area contributed by atoms with Crippen molar-refractivity contribution in [3.63, 3.8) is 0 Å². The van der Waals surface area contributed by atoms with E-state index in [0.29, 0.717) is 42.6 Å². The molecule has 1 aromatic heterocycles. The standard InChI is InChI=1S/C24H28NO3/c1-4-5-13-27-23-16-25(15-18(2)3)24(26)21-12-11-20(14-22(21)23)28-17-19-9-7-6-8-10-19/h6-12,14,18H,4-5,13,15,17H2,1-3H3. The molecule has 3 rings (SSSR count). The van der Waals surface area contributed by atoms with E-state index in [4.69, 9.17) is 9.47 Å². The van der Waals surface area contributed by atoms with E-state index in [2.05, 4.69) is 27.0 Å². The molecule has 2 aromatic carbocycles. The van der Waals surface area contributed by atoms with Gasteiger partial charge in [-0.05, 0) is 36.1 Å². The quantitative estimate of drug-likeness (QED) is 0.480. The van der Waals surface area contributed by atoms with E-state index in [1.54, 1.807) is 4.57 Å². The highest BCUT2D eigenvalue weighted by Gasteiger charge is 2.13. The van der Waals surface area contributed by atoms with Gasteiger partial charge in [0.05, 0.1) is 12.0 Å². The molecule has 1 radical (unpaired) electrons. The Kier molecular flexibility index (Phi) is 6.75. The lowest BCUT2D eigenvalue weighted by molar-refractivity contribution is 0.303. The first-order chi connectivity index (χ1) is 13.6. The lowest BCUT2D eigenvalue weighted by atomic mass is 10.1. The molecule has 0 atom stereocenters. The molecule has 4 heteroatoms. The van der Waals surface area contributed by atoms with E-state index in [1.165, 1.54) is 0 Å². The van der Waals surface area contributed by atoms with Crippen LogP contribution in [-0.2, 0) is 13.2 Å². The highest BCUT2D eigenvalue weighted by atomic mass is 16.5. The van der Waals surface area contributed by atoms with Crippen LogP contribution in [0.1, 0.15) is 39.2 Å². The minimum Gasteiger partial charge on any atom is -0.491 e. The van der Waals surface area contributed by atoms with Gasteiger partial charge < -0.3 is 14.0 Å². The molecule has 0 unspecified atom stereocenters. The summed E-state index contributed by atoms with van der Waals surface area (Å²) in [7, 11) is 0. The van der Waals surface area contributed by atoms with E-state index in [9.17, 15) is 4.79 Å². The second kappa shape index (κ2) is 9.45. The van der Waals surface area contributed by atoms with Crippen LogP contribution in [0.5, 0.6) is 11.5 Å². The Morgan fingerprint density at radius 2 is 1.82 bits per heavy atom. The molecule has 0 aliphatic carbocycles. The summed E-state index contributed by atoms with van der Waals surface area (Å²) in [6.07, 6.45) is 5.19. The summed E-state index contributed by atoms with van der Waals surface area (Å²) in [4.78, 5) is 12.9. The zero-order valence-electron chi connectivity index (χ0n) is 16.9. The predicted octanol–water partition coefficient (Wildman–Crippen LogP) is 5.22. The third-order valence-corrected chi connectivity index (χ3v) is 4.49. The number of aromatic nitrogens is 1. The van der Waals surface area contributed by atoms with Crippen molar-refractivity contribution in [2.45, 2.75) is 46.8 Å². The third-order valence-electron chi connectivity index (χ3n) is 4.49. The average molecular weight is 378 g/mol. The SMILES string of the molecule is CCCCOc1[c]n(CC(C)C)c(=O)c2ccc(OCc3ccccc3)cc12. The maximum atomic E-state index is 12.9. The molecule has 3 aromatic rings. The van der Waals surface area contributed by atoms with E-state index in [1.807, 2.05) is 48.5 Å². The largest absolute Gasteiger partial charge is 0.491 e. The molecule has 0 N–H and O–H groups in total. The third kappa shape index (κ3) is 4.94. The minimum absolute atomic E-state index is 0.0406. The van der Waals surface area contributed by atoms with Gasteiger partial charge in [-0.3, -0.25) is 4.79 Å². The van der Waals surface area contributed by atoms with Gasteiger partial charge in [-0.1, -0.05) is 57.5 Å². The van der Waals surface area contributed by atoms with E-state index < -0.39 is 0 Å². The molecule has 1 heterocycles. The number of nitrogens with zero attached hydrogens (tertiary/aromatic N) is 1. The fourth-order valence-corrected chi connectivity index (χ4v) is 3.03. The first kappa shape index (κ1) is 20.0. The van der Waals surface area contributed by atoms with Crippen LogP contribution >= 0.6 is 0 Å². The van der Waals surface area contributed by atoms with Crippen molar-refractivity contribution in [1.29, 1.82) is 0 Å². The number of hydrogen-bond acceptors (Lipinski definition) is 3. The first-order valence-corrected chi connectivity index (χ1v) is 9.98. The van der Waals surface area contributed by atoms with Gasteiger partial charge in [0.1, 0.15) is 18.6 Å². The van der Waals surface area contributed by atoms with Gasteiger partial charge in [-0.2, -0.15) is 0 Å². The molecule has 147 valence electrons. The van der Waals surface area contributed by atoms with Gasteiger partial charge in [0.2, 0.25) is 0 Å². The van der Waals surface area contributed by atoms with Gasteiger partial charge in [0.25, 0.3) is 5.56 Å². The van der Waals surface area contributed by atoms with Crippen LogP contribution < -0.4 is 15.0 Å². The number of rotatable bonds is 9. The van der Waals surface area contributed by atoms with Crippen LogP contribution in [0.2, 0.25) is 0 Å². The Morgan fingerprint density at radius 1 is 1.04 bits per heavy atom. The Hall–Kier alpha value is -2.75. The van der Waals surface area contributed by atoms with E-state index in [0.717, 1.165) is 23.8 Å². The topological polar surface area (TPSA) is 40.5 Å². The van der Waals surface area contributed by atoms with Gasteiger partial charge in [0.15, 0.2) is 5.75 Å². The van der Waals surface area contributed by atoms with Gasteiger partial charge >= 0.3 is 0 Å². The van der Waals surface area contributed by atoms with Crippen molar-refractivity contribution in [3.05, 3.63) is 70.6 Å². The second-order valence-corrected chi connectivity index (χ2v) is 7.43. The Balaban J connectivity index is 1.94. The van der Waals surface area contributed by atoms with Crippen LogP contribution in [0.3, 0.4) is 0 Å². The molecule has 0 bridgehead atoms. The molecule has 0 saturated heterocycles. The lowest BCUT2D eigenvalue weighted by Gasteiger charge is -2.15. The van der Waals surface area contributed by atoms with Gasteiger partial charge in [-0.25, -0.2) is 0 Å². The van der Waals surface area contributed by atoms with Crippen LogP contribution in [-0.4, -0.2) is 11.2 Å². The molecule has 0 amide bonds. The summed E-state index contributed by atoms with van der Waals surface area (Å²) in [5, 5.41) is 1.39. The maximum absolute atomic E-state index is 12.9. The van der Waals surface area contributed by atoms with Crippen LogP contribution in [0.4, 0.5) is 0 Å². The fraction of sp³-hybridized carbons (Fsp3) is 0.375. The van der Waals surface area contributed by atoms with Crippen LogP contribution in [0, 0.1) is 12.1 Å².